The third-order valence-corrected chi connectivity index (χ3v) is 3.43. The molecule has 0 aliphatic heterocycles. The van der Waals surface area contributed by atoms with Gasteiger partial charge < -0.3 is 9.15 Å². The summed E-state index contributed by atoms with van der Waals surface area (Å²) in [5, 5.41) is 6.75. The molecule has 3 aromatic heterocycles. The summed E-state index contributed by atoms with van der Waals surface area (Å²) < 4.78 is 12.1. The van der Waals surface area contributed by atoms with E-state index < -0.39 is 6.09 Å². The van der Waals surface area contributed by atoms with E-state index in [4.69, 9.17) is 9.15 Å². The van der Waals surface area contributed by atoms with Crippen molar-refractivity contribution in [3.8, 4) is 17.4 Å². The van der Waals surface area contributed by atoms with Crippen molar-refractivity contribution in [3.05, 3.63) is 66.8 Å². The van der Waals surface area contributed by atoms with Crippen LogP contribution in [0, 0.1) is 0 Å². The Morgan fingerprint density at radius 2 is 2.32 bits per heavy atom. The van der Waals surface area contributed by atoms with Gasteiger partial charge in [0.1, 0.15) is 12.4 Å². The SMILES string of the molecule is C=N/C=C\C=C(/C)COC(=O)Nc1cc(-n2cccn2)nc(-c2ccco2)n1. The zero-order chi connectivity index (χ0) is 19.8. The Bertz CT molecular complexity index is 938. The molecular weight excluding hydrogens is 360 g/mol. The normalized spacial score (nSPS) is 11.5. The van der Waals surface area contributed by atoms with Crippen LogP contribution in [0.15, 0.2) is 76.3 Å². The highest BCUT2D eigenvalue weighted by Gasteiger charge is 2.13. The van der Waals surface area contributed by atoms with E-state index in [-0.39, 0.29) is 12.4 Å². The Labute approximate surface area is 161 Å². The maximum absolute atomic E-state index is 12.1. The van der Waals surface area contributed by atoms with Crippen LogP contribution < -0.4 is 5.32 Å². The average Bonchev–Trinajstić information content (AvgIpc) is 3.40. The summed E-state index contributed by atoms with van der Waals surface area (Å²) in [6, 6.07) is 6.81. The minimum absolute atomic E-state index is 0.120. The van der Waals surface area contributed by atoms with Gasteiger partial charge in [-0.05, 0) is 43.5 Å². The number of allylic oxidation sites excluding steroid dienone is 2. The first-order valence-electron chi connectivity index (χ1n) is 8.30. The van der Waals surface area contributed by atoms with Crippen LogP contribution in [-0.4, -0.2) is 39.2 Å². The van der Waals surface area contributed by atoms with Crippen LogP contribution in [0.1, 0.15) is 6.92 Å². The summed E-state index contributed by atoms with van der Waals surface area (Å²) in [4.78, 5) is 24.4. The third kappa shape index (κ3) is 5.01. The monoisotopic (exact) mass is 378 g/mol. The average molecular weight is 378 g/mol. The number of anilines is 1. The minimum Gasteiger partial charge on any atom is -0.461 e. The number of furan rings is 1. The fourth-order valence-corrected chi connectivity index (χ4v) is 2.17. The number of carbonyl (C=O) groups is 1. The van der Waals surface area contributed by atoms with Crippen LogP contribution in [-0.2, 0) is 4.74 Å². The number of hydrogen-bond acceptors (Lipinski definition) is 7. The zero-order valence-electron chi connectivity index (χ0n) is 15.1. The van der Waals surface area contributed by atoms with Crippen LogP contribution in [0.3, 0.4) is 0 Å². The molecule has 3 heterocycles. The molecule has 0 aromatic carbocycles. The molecule has 0 saturated heterocycles. The Hall–Kier alpha value is -4.01. The molecule has 3 aromatic rings. The van der Waals surface area contributed by atoms with Crippen molar-refractivity contribution in [3.63, 3.8) is 0 Å². The first kappa shape index (κ1) is 18.8. The lowest BCUT2D eigenvalue weighted by molar-refractivity contribution is 0.171. The van der Waals surface area contributed by atoms with E-state index in [1.54, 1.807) is 53.5 Å². The molecule has 0 unspecified atom stereocenters. The van der Waals surface area contributed by atoms with Crippen molar-refractivity contribution in [1.82, 2.24) is 19.7 Å². The Morgan fingerprint density at radius 1 is 1.43 bits per heavy atom. The molecule has 0 bridgehead atoms. The molecule has 1 amide bonds. The number of amides is 1. The molecule has 0 aliphatic rings. The van der Waals surface area contributed by atoms with E-state index in [9.17, 15) is 4.79 Å². The van der Waals surface area contributed by atoms with Gasteiger partial charge >= 0.3 is 6.09 Å². The molecule has 0 saturated carbocycles. The van der Waals surface area contributed by atoms with Gasteiger partial charge in [0, 0.05) is 24.7 Å². The molecule has 3 rings (SSSR count). The summed E-state index contributed by atoms with van der Waals surface area (Å²) in [5.41, 5.74) is 0.839. The lowest BCUT2D eigenvalue weighted by atomic mass is 10.3. The standard InChI is InChI=1S/C19H18N6O3/c1-14(6-3-8-20-2)13-28-19(26)23-16-12-17(25-10-5-9-21-25)24-18(22-16)15-7-4-11-27-15/h3-12H,2,13H2,1H3,(H,22,23,24,26)/b8-3-,14-6+. The van der Waals surface area contributed by atoms with Crippen LogP contribution in [0.2, 0.25) is 0 Å². The molecule has 0 atom stereocenters. The van der Waals surface area contributed by atoms with E-state index in [1.807, 2.05) is 6.92 Å². The maximum atomic E-state index is 12.1. The second-order valence-electron chi connectivity index (χ2n) is 5.60. The predicted molar refractivity (Wildman–Crippen MR) is 104 cm³/mol. The lowest BCUT2D eigenvalue weighted by Gasteiger charge is -2.09. The quantitative estimate of drug-likeness (QED) is 0.497. The van der Waals surface area contributed by atoms with Gasteiger partial charge in [-0.25, -0.2) is 19.4 Å². The van der Waals surface area contributed by atoms with Crippen LogP contribution in [0.5, 0.6) is 0 Å². The van der Waals surface area contributed by atoms with E-state index in [0.29, 0.717) is 17.4 Å². The Morgan fingerprint density at radius 3 is 3.04 bits per heavy atom. The predicted octanol–water partition coefficient (Wildman–Crippen LogP) is 3.63. The van der Waals surface area contributed by atoms with Crippen LogP contribution >= 0.6 is 0 Å². The van der Waals surface area contributed by atoms with Gasteiger partial charge in [-0.15, -0.1) is 0 Å². The zero-order valence-corrected chi connectivity index (χ0v) is 15.1. The number of nitrogens with zero attached hydrogens (tertiary/aromatic N) is 5. The number of hydrogen-bond donors (Lipinski definition) is 1. The third-order valence-electron chi connectivity index (χ3n) is 3.43. The highest BCUT2D eigenvalue weighted by Crippen LogP contribution is 2.20. The van der Waals surface area contributed by atoms with Gasteiger partial charge in [0.05, 0.1) is 6.26 Å². The van der Waals surface area contributed by atoms with Crippen molar-refractivity contribution in [2.75, 3.05) is 11.9 Å². The van der Waals surface area contributed by atoms with Crippen molar-refractivity contribution in [2.24, 2.45) is 4.99 Å². The van der Waals surface area contributed by atoms with Gasteiger partial charge in [-0.2, -0.15) is 5.10 Å². The van der Waals surface area contributed by atoms with Crippen molar-refractivity contribution in [2.45, 2.75) is 6.92 Å². The molecule has 142 valence electrons. The number of nitrogens with one attached hydrogen (secondary N) is 1. The Balaban J connectivity index is 1.75. The van der Waals surface area contributed by atoms with E-state index >= 15 is 0 Å². The molecule has 1 N–H and O–H groups in total. The Kier molecular flexibility index (Phi) is 6.09. The van der Waals surface area contributed by atoms with Gasteiger partial charge in [0.15, 0.2) is 17.4 Å². The topological polar surface area (TPSA) is 107 Å². The molecular formula is C19H18N6O3. The minimum atomic E-state index is -0.644. The molecule has 0 fully saturated rings. The van der Waals surface area contributed by atoms with Gasteiger partial charge in [0.2, 0.25) is 0 Å². The second kappa shape index (κ2) is 9.08. The smallest absolute Gasteiger partial charge is 0.413 e. The van der Waals surface area contributed by atoms with E-state index in [2.05, 4.69) is 32.1 Å². The van der Waals surface area contributed by atoms with Gasteiger partial charge in [-0.3, -0.25) is 10.3 Å². The maximum Gasteiger partial charge on any atom is 0.413 e. The first-order valence-corrected chi connectivity index (χ1v) is 8.30. The molecule has 9 nitrogen and oxygen atoms in total. The highest BCUT2D eigenvalue weighted by atomic mass is 16.5. The number of aromatic nitrogens is 4. The molecule has 0 radical (unpaired) electrons. The van der Waals surface area contributed by atoms with Crippen molar-refractivity contribution in [1.29, 1.82) is 0 Å². The fraction of sp³-hybridized carbons (Fsp3) is 0.105. The molecule has 28 heavy (non-hydrogen) atoms. The number of carbonyl (C=O) groups excluding carboxylic acids is 1. The molecule has 0 spiro atoms. The number of ether oxygens (including phenoxy) is 1. The largest absolute Gasteiger partial charge is 0.461 e. The summed E-state index contributed by atoms with van der Waals surface area (Å²) in [6.45, 7) is 5.29. The van der Waals surface area contributed by atoms with Crippen LogP contribution in [0.4, 0.5) is 10.6 Å². The summed E-state index contributed by atoms with van der Waals surface area (Å²) in [5.74, 6) is 1.51. The van der Waals surface area contributed by atoms with E-state index in [1.165, 1.54) is 12.5 Å². The first-order chi connectivity index (χ1) is 13.7. The summed E-state index contributed by atoms with van der Waals surface area (Å²) >= 11 is 0. The summed E-state index contributed by atoms with van der Waals surface area (Å²) in [6.07, 6.45) is 9.26. The van der Waals surface area contributed by atoms with Crippen molar-refractivity contribution < 1.29 is 13.9 Å². The fourth-order valence-electron chi connectivity index (χ4n) is 2.17. The summed E-state index contributed by atoms with van der Waals surface area (Å²) in [7, 11) is 0. The van der Waals surface area contributed by atoms with Gasteiger partial charge in [0.25, 0.3) is 0 Å². The van der Waals surface area contributed by atoms with Crippen molar-refractivity contribution >= 4 is 18.6 Å². The number of aliphatic imine (C=N–C) groups is 1. The van der Waals surface area contributed by atoms with Crippen LogP contribution in [0.25, 0.3) is 17.4 Å². The molecule has 0 aliphatic carbocycles. The number of rotatable bonds is 7. The van der Waals surface area contributed by atoms with E-state index in [0.717, 1.165) is 5.57 Å². The molecule has 9 heteroatoms. The van der Waals surface area contributed by atoms with Gasteiger partial charge in [-0.1, -0.05) is 6.08 Å². The lowest BCUT2D eigenvalue weighted by Crippen LogP contribution is -2.16. The highest BCUT2D eigenvalue weighted by molar-refractivity contribution is 5.84. The second-order valence-corrected chi connectivity index (χ2v) is 5.60.